The van der Waals surface area contributed by atoms with Gasteiger partial charge in [0.2, 0.25) is 0 Å². The highest BCUT2D eigenvalue weighted by Gasteiger charge is 2.54. The molecule has 150 valence electrons. The summed E-state index contributed by atoms with van der Waals surface area (Å²) < 4.78 is 5.50. The van der Waals surface area contributed by atoms with Crippen LogP contribution in [0.25, 0.3) is 0 Å². The van der Waals surface area contributed by atoms with E-state index in [9.17, 15) is 9.59 Å². The van der Waals surface area contributed by atoms with Crippen LogP contribution in [-0.4, -0.2) is 16.9 Å². The molecule has 29 heavy (non-hydrogen) atoms. The third-order valence-electron chi connectivity index (χ3n) is 7.54. The Kier molecular flexibility index (Phi) is 4.41. The van der Waals surface area contributed by atoms with Crippen molar-refractivity contribution in [2.75, 3.05) is 5.32 Å². The lowest BCUT2D eigenvalue weighted by Gasteiger charge is -2.48. The third-order valence-corrected chi connectivity index (χ3v) is 7.54. The summed E-state index contributed by atoms with van der Waals surface area (Å²) in [6.07, 6.45) is 8.76. The number of pyridine rings is 1. The lowest BCUT2D eigenvalue weighted by atomic mass is 9.55. The molecule has 0 radical (unpaired) electrons. The Morgan fingerprint density at radius 2 is 1.97 bits per heavy atom. The van der Waals surface area contributed by atoms with Gasteiger partial charge in [-0.15, -0.1) is 0 Å². The predicted molar refractivity (Wildman–Crippen MR) is 110 cm³/mol. The summed E-state index contributed by atoms with van der Waals surface area (Å²) in [6.45, 7) is 2.21. The number of Topliss-reactive ketones (excluding diaryl/α,β-unsaturated/α-hetero) is 1. The van der Waals surface area contributed by atoms with Gasteiger partial charge < -0.3 is 4.74 Å². The zero-order valence-corrected chi connectivity index (χ0v) is 16.7. The SMILES string of the molecule is C[C@]12CC[C@@H]3c4ccc(OC(=O)Nc5ccncc5)cc4CC[C@H]3[C@@H]1CCC2=O. The standard InChI is InChI=1S/C24H26N2O3/c1-24-11-8-19-18-5-3-17(29-23(28)26-16-9-12-25-13-10-16)14-15(18)2-4-20(19)21(24)6-7-22(24)27/h3,5,9-10,12-14,19-21H,2,4,6-8,11H2,1H3,(H,25,26,28)/t19-,20-,21+,24+/m1/s1. The highest BCUT2D eigenvalue weighted by atomic mass is 16.6. The molecule has 0 saturated heterocycles. The van der Waals surface area contributed by atoms with Crippen LogP contribution in [0.5, 0.6) is 5.75 Å². The zero-order chi connectivity index (χ0) is 20.0. The first-order chi connectivity index (χ1) is 14.0. The Balaban J connectivity index is 1.32. The summed E-state index contributed by atoms with van der Waals surface area (Å²) in [7, 11) is 0. The molecule has 1 aromatic carbocycles. The van der Waals surface area contributed by atoms with Gasteiger partial charge in [0.1, 0.15) is 11.5 Å². The molecule has 5 heteroatoms. The number of nitrogens with one attached hydrogen (secondary N) is 1. The van der Waals surface area contributed by atoms with Crippen molar-refractivity contribution >= 4 is 17.6 Å². The van der Waals surface area contributed by atoms with Crippen LogP contribution in [0.15, 0.2) is 42.7 Å². The molecule has 3 aliphatic carbocycles. The summed E-state index contributed by atoms with van der Waals surface area (Å²) in [5.74, 6) is 2.72. The lowest BCUT2D eigenvalue weighted by Crippen LogP contribution is -2.42. The van der Waals surface area contributed by atoms with Gasteiger partial charge in [-0.05, 0) is 85.3 Å². The van der Waals surface area contributed by atoms with Gasteiger partial charge in [0.05, 0.1) is 0 Å². The van der Waals surface area contributed by atoms with Crippen molar-refractivity contribution in [3.05, 3.63) is 53.9 Å². The second-order valence-corrected chi connectivity index (χ2v) is 8.94. The van der Waals surface area contributed by atoms with E-state index in [4.69, 9.17) is 4.74 Å². The Morgan fingerprint density at radius 3 is 2.79 bits per heavy atom. The van der Waals surface area contributed by atoms with E-state index in [0.717, 1.165) is 38.5 Å². The maximum Gasteiger partial charge on any atom is 0.417 e. The summed E-state index contributed by atoms with van der Waals surface area (Å²) >= 11 is 0. The van der Waals surface area contributed by atoms with E-state index in [0.29, 0.717) is 35.0 Å². The van der Waals surface area contributed by atoms with Crippen molar-refractivity contribution in [2.45, 2.75) is 51.4 Å². The number of benzene rings is 1. The van der Waals surface area contributed by atoms with Crippen LogP contribution in [0.4, 0.5) is 10.5 Å². The fourth-order valence-corrected chi connectivity index (χ4v) is 6.08. The van der Waals surface area contributed by atoms with Crippen LogP contribution in [0.3, 0.4) is 0 Å². The molecule has 0 aliphatic heterocycles. The molecule has 2 fully saturated rings. The first-order valence-electron chi connectivity index (χ1n) is 10.6. The van der Waals surface area contributed by atoms with E-state index in [-0.39, 0.29) is 5.41 Å². The number of ketones is 1. The number of hydrogen-bond acceptors (Lipinski definition) is 4. The molecule has 0 unspecified atom stereocenters. The number of carbonyl (C=O) groups is 2. The molecule has 0 bridgehead atoms. The molecule has 1 aromatic heterocycles. The van der Waals surface area contributed by atoms with Crippen LogP contribution in [0.1, 0.15) is 56.1 Å². The minimum atomic E-state index is -0.497. The molecule has 4 atom stereocenters. The Morgan fingerprint density at radius 1 is 1.14 bits per heavy atom. The number of rotatable bonds is 2. The Labute approximate surface area is 170 Å². The number of anilines is 1. The molecule has 2 aromatic rings. The monoisotopic (exact) mass is 390 g/mol. The van der Waals surface area contributed by atoms with E-state index in [1.54, 1.807) is 24.5 Å². The van der Waals surface area contributed by atoms with Gasteiger partial charge in [-0.25, -0.2) is 4.79 Å². The minimum absolute atomic E-state index is 0.0905. The first-order valence-corrected chi connectivity index (χ1v) is 10.6. The van der Waals surface area contributed by atoms with Crippen molar-refractivity contribution in [1.29, 1.82) is 0 Å². The summed E-state index contributed by atoms with van der Waals surface area (Å²) in [5, 5.41) is 2.72. The highest BCUT2D eigenvalue weighted by molar-refractivity contribution is 5.87. The summed E-state index contributed by atoms with van der Waals surface area (Å²) in [5.41, 5.74) is 3.24. The van der Waals surface area contributed by atoms with Crippen molar-refractivity contribution < 1.29 is 14.3 Å². The minimum Gasteiger partial charge on any atom is -0.410 e. The van der Waals surface area contributed by atoms with Gasteiger partial charge in [-0.3, -0.25) is 15.1 Å². The number of ether oxygens (including phenoxy) is 1. The summed E-state index contributed by atoms with van der Waals surface area (Å²) in [4.78, 5) is 28.6. The largest absolute Gasteiger partial charge is 0.417 e. The average Bonchev–Trinajstić information content (AvgIpc) is 3.03. The molecule has 1 amide bonds. The van der Waals surface area contributed by atoms with E-state index < -0.39 is 6.09 Å². The van der Waals surface area contributed by atoms with Gasteiger partial charge in [0.25, 0.3) is 0 Å². The molecule has 0 spiro atoms. The smallest absolute Gasteiger partial charge is 0.410 e. The van der Waals surface area contributed by atoms with Crippen LogP contribution >= 0.6 is 0 Å². The van der Waals surface area contributed by atoms with Crippen LogP contribution < -0.4 is 10.1 Å². The van der Waals surface area contributed by atoms with E-state index in [2.05, 4.69) is 23.3 Å². The van der Waals surface area contributed by atoms with Crippen molar-refractivity contribution in [3.8, 4) is 5.75 Å². The van der Waals surface area contributed by atoms with E-state index in [1.807, 2.05) is 12.1 Å². The summed E-state index contributed by atoms with van der Waals surface area (Å²) in [6, 6.07) is 9.50. The van der Waals surface area contributed by atoms with Gasteiger partial charge in [0, 0.05) is 29.9 Å². The maximum atomic E-state index is 12.5. The second kappa shape index (κ2) is 6.97. The quantitative estimate of drug-likeness (QED) is 0.773. The van der Waals surface area contributed by atoms with Crippen molar-refractivity contribution in [1.82, 2.24) is 4.98 Å². The van der Waals surface area contributed by atoms with Gasteiger partial charge in [-0.1, -0.05) is 13.0 Å². The molecule has 1 N–H and O–H groups in total. The fraction of sp³-hybridized carbons (Fsp3) is 0.458. The zero-order valence-electron chi connectivity index (χ0n) is 16.7. The van der Waals surface area contributed by atoms with Gasteiger partial charge >= 0.3 is 6.09 Å². The normalized spacial score (nSPS) is 30.1. The average molecular weight is 390 g/mol. The number of fused-ring (bicyclic) bond motifs is 5. The number of carbonyl (C=O) groups excluding carboxylic acids is 2. The Bertz CT molecular complexity index is 958. The fourth-order valence-electron chi connectivity index (χ4n) is 6.08. The number of hydrogen-bond donors (Lipinski definition) is 1. The second-order valence-electron chi connectivity index (χ2n) is 8.94. The van der Waals surface area contributed by atoms with Gasteiger partial charge in [0.15, 0.2) is 0 Å². The number of nitrogens with zero attached hydrogens (tertiary/aromatic N) is 1. The molecule has 5 nitrogen and oxygen atoms in total. The topological polar surface area (TPSA) is 68.3 Å². The number of aromatic nitrogens is 1. The van der Waals surface area contributed by atoms with Crippen LogP contribution in [0.2, 0.25) is 0 Å². The van der Waals surface area contributed by atoms with Crippen molar-refractivity contribution in [3.63, 3.8) is 0 Å². The maximum absolute atomic E-state index is 12.5. The third kappa shape index (κ3) is 3.13. The molecule has 3 aliphatic rings. The lowest BCUT2D eigenvalue weighted by molar-refractivity contribution is -0.129. The highest BCUT2D eigenvalue weighted by Crippen LogP contribution is 2.59. The van der Waals surface area contributed by atoms with Crippen molar-refractivity contribution in [2.24, 2.45) is 17.3 Å². The van der Waals surface area contributed by atoms with Crippen LogP contribution in [0, 0.1) is 17.3 Å². The molecule has 1 heterocycles. The molecular formula is C24H26N2O3. The predicted octanol–water partition coefficient (Wildman–Crippen LogP) is 5.12. The number of aryl methyl sites for hydroxylation is 1. The van der Waals surface area contributed by atoms with Crippen LogP contribution in [-0.2, 0) is 11.2 Å². The van der Waals surface area contributed by atoms with E-state index >= 15 is 0 Å². The first kappa shape index (κ1) is 18.3. The van der Waals surface area contributed by atoms with E-state index in [1.165, 1.54) is 11.1 Å². The molecule has 2 saturated carbocycles. The number of amides is 1. The molecule has 5 rings (SSSR count). The Hall–Kier alpha value is -2.69. The van der Waals surface area contributed by atoms with Gasteiger partial charge in [-0.2, -0.15) is 0 Å². The molecular weight excluding hydrogens is 364 g/mol.